The maximum Gasteiger partial charge on any atom is 0.121 e. The van der Waals surface area contributed by atoms with Crippen LogP contribution in [0.5, 0.6) is 0 Å². The van der Waals surface area contributed by atoms with Gasteiger partial charge in [0.2, 0.25) is 0 Å². The zero-order chi connectivity index (χ0) is 14.0. The number of hydrogen-bond donors (Lipinski definition) is 1. The number of aliphatic hydroxyl groups excluding tert-OH is 1. The fraction of sp³-hybridized carbons (Fsp3) is 0.438. The minimum atomic E-state index is -0.619. The zero-order valence-corrected chi connectivity index (χ0v) is 12.0. The Bertz CT molecular complexity index is 526. The Balaban J connectivity index is 2.28. The summed E-state index contributed by atoms with van der Waals surface area (Å²) in [6.45, 7) is 8.50. The van der Waals surface area contributed by atoms with Gasteiger partial charge in [0.25, 0.3) is 0 Å². The van der Waals surface area contributed by atoms with E-state index in [9.17, 15) is 5.11 Å². The fourth-order valence-corrected chi connectivity index (χ4v) is 2.19. The molecule has 3 nitrogen and oxygen atoms in total. The lowest BCUT2D eigenvalue weighted by Crippen LogP contribution is -2.10. The van der Waals surface area contributed by atoms with Crippen molar-refractivity contribution in [2.24, 2.45) is 0 Å². The van der Waals surface area contributed by atoms with Gasteiger partial charge in [0.05, 0.1) is 18.2 Å². The summed E-state index contributed by atoms with van der Waals surface area (Å²) in [4.78, 5) is 4.14. The van der Waals surface area contributed by atoms with Gasteiger partial charge < -0.3 is 9.67 Å². The third-order valence-electron chi connectivity index (χ3n) is 3.45. The van der Waals surface area contributed by atoms with Crippen molar-refractivity contribution in [1.82, 2.24) is 9.55 Å². The molecule has 0 radical (unpaired) electrons. The molecule has 0 aliphatic heterocycles. The lowest BCUT2D eigenvalue weighted by molar-refractivity contribution is 0.208. The molecule has 1 aromatic carbocycles. The first-order chi connectivity index (χ1) is 9.00. The second-order valence-electron chi connectivity index (χ2n) is 5.54. The van der Waals surface area contributed by atoms with E-state index >= 15 is 0 Å². The number of rotatable bonds is 4. The highest BCUT2D eigenvalue weighted by Gasteiger charge is 2.16. The van der Waals surface area contributed by atoms with Gasteiger partial charge in [-0.15, -0.1) is 0 Å². The lowest BCUT2D eigenvalue weighted by Gasteiger charge is -2.17. The van der Waals surface area contributed by atoms with Crippen LogP contribution >= 0.6 is 0 Å². The van der Waals surface area contributed by atoms with Gasteiger partial charge in [0.15, 0.2) is 0 Å². The van der Waals surface area contributed by atoms with Crippen LogP contribution in [0.15, 0.2) is 36.8 Å². The van der Waals surface area contributed by atoms with Gasteiger partial charge in [0.1, 0.15) is 6.10 Å². The Morgan fingerprint density at radius 2 is 1.58 bits per heavy atom. The van der Waals surface area contributed by atoms with Crippen LogP contribution in [0.4, 0.5) is 0 Å². The average molecular weight is 258 g/mol. The van der Waals surface area contributed by atoms with E-state index in [1.165, 1.54) is 5.56 Å². The van der Waals surface area contributed by atoms with Crippen molar-refractivity contribution in [3.63, 3.8) is 0 Å². The number of benzene rings is 1. The summed E-state index contributed by atoms with van der Waals surface area (Å²) in [6, 6.07) is 8.45. The molecule has 3 heteroatoms. The predicted molar refractivity (Wildman–Crippen MR) is 77.2 cm³/mol. The van der Waals surface area contributed by atoms with Gasteiger partial charge >= 0.3 is 0 Å². The zero-order valence-electron chi connectivity index (χ0n) is 12.0. The molecule has 1 atom stereocenters. The van der Waals surface area contributed by atoms with Gasteiger partial charge in [-0.2, -0.15) is 0 Å². The summed E-state index contributed by atoms with van der Waals surface area (Å²) in [6.07, 6.45) is 2.89. The van der Waals surface area contributed by atoms with E-state index in [1.54, 1.807) is 12.5 Å². The molecular formula is C16H22N2O. The number of hydrogen-bond acceptors (Lipinski definition) is 2. The van der Waals surface area contributed by atoms with E-state index in [0.29, 0.717) is 12.0 Å². The molecule has 0 bridgehead atoms. The van der Waals surface area contributed by atoms with Gasteiger partial charge in [-0.25, -0.2) is 4.98 Å². The second kappa shape index (κ2) is 5.57. The third-order valence-corrected chi connectivity index (χ3v) is 3.45. The van der Waals surface area contributed by atoms with Gasteiger partial charge in [-0.05, 0) is 30.9 Å². The van der Waals surface area contributed by atoms with E-state index in [0.717, 1.165) is 11.3 Å². The molecule has 19 heavy (non-hydrogen) atoms. The largest absolute Gasteiger partial charge is 0.382 e. The van der Waals surface area contributed by atoms with Crippen molar-refractivity contribution in [2.45, 2.75) is 45.8 Å². The predicted octanol–water partition coefficient (Wildman–Crippen LogP) is 3.67. The maximum atomic E-state index is 10.5. The smallest absolute Gasteiger partial charge is 0.121 e. The molecule has 102 valence electrons. The quantitative estimate of drug-likeness (QED) is 0.908. The lowest BCUT2D eigenvalue weighted by atomic mass is 9.99. The highest BCUT2D eigenvalue weighted by atomic mass is 16.3. The van der Waals surface area contributed by atoms with Crippen molar-refractivity contribution in [3.8, 4) is 0 Å². The average Bonchev–Trinajstić information content (AvgIpc) is 2.87. The molecule has 0 aliphatic rings. The van der Waals surface area contributed by atoms with E-state index in [2.05, 4.69) is 44.8 Å². The molecule has 0 fully saturated rings. The molecule has 1 N–H and O–H groups in total. The molecule has 0 aliphatic carbocycles. The van der Waals surface area contributed by atoms with Crippen LogP contribution in [0.25, 0.3) is 0 Å². The molecule has 0 spiro atoms. The van der Waals surface area contributed by atoms with Crippen molar-refractivity contribution < 1.29 is 5.11 Å². The fourth-order valence-electron chi connectivity index (χ4n) is 2.19. The van der Waals surface area contributed by atoms with Crippen molar-refractivity contribution in [3.05, 3.63) is 53.6 Å². The summed E-state index contributed by atoms with van der Waals surface area (Å²) in [5, 5.41) is 10.5. The molecular weight excluding hydrogens is 236 g/mol. The standard InChI is InChI=1S/C16H22N2O/c1-11(2)13-5-7-14(8-6-13)16(19)15-9-17-10-18(15)12(3)4/h5-12,16,19H,1-4H3. The first-order valence-corrected chi connectivity index (χ1v) is 6.80. The molecule has 0 saturated heterocycles. The first-order valence-electron chi connectivity index (χ1n) is 6.80. The molecule has 1 heterocycles. The molecule has 0 amide bonds. The number of imidazole rings is 1. The summed E-state index contributed by atoms with van der Waals surface area (Å²) >= 11 is 0. The highest BCUT2D eigenvalue weighted by molar-refractivity contribution is 5.30. The Kier molecular flexibility index (Phi) is 4.05. The minimum absolute atomic E-state index is 0.294. The first kappa shape index (κ1) is 13.8. The van der Waals surface area contributed by atoms with Gasteiger partial charge in [-0.3, -0.25) is 0 Å². The third kappa shape index (κ3) is 2.87. The SMILES string of the molecule is CC(C)c1ccc(C(O)c2cncn2C(C)C)cc1. The topological polar surface area (TPSA) is 38.1 Å². The van der Waals surface area contributed by atoms with Crippen LogP contribution in [0.1, 0.15) is 62.6 Å². The Morgan fingerprint density at radius 1 is 1.00 bits per heavy atom. The van der Waals surface area contributed by atoms with Crippen LogP contribution < -0.4 is 0 Å². The van der Waals surface area contributed by atoms with E-state index < -0.39 is 6.10 Å². The van der Waals surface area contributed by atoms with Crippen LogP contribution in [0.2, 0.25) is 0 Å². The van der Waals surface area contributed by atoms with Crippen molar-refractivity contribution in [1.29, 1.82) is 0 Å². The number of aromatic nitrogens is 2. The summed E-state index contributed by atoms with van der Waals surface area (Å²) in [5.41, 5.74) is 3.03. The molecule has 1 unspecified atom stereocenters. The number of aliphatic hydroxyl groups is 1. The van der Waals surface area contributed by atoms with E-state index in [4.69, 9.17) is 0 Å². The van der Waals surface area contributed by atoms with Crippen LogP contribution in [-0.4, -0.2) is 14.7 Å². The van der Waals surface area contributed by atoms with Crippen LogP contribution in [0, 0.1) is 0 Å². The molecule has 0 saturated carbocycles. The monoisotopic (exact) mass is 258 g/mol. The second-order valence-corrected chi connectivity index (χ2v) is 5.54. The Labute approximate surface area is 114 Å². The van der Waals surface area contributed by atoms with Gasteiger partial charge in [-0.1, -0.05) is 38.1 Å². The number of nitrogens with zero attached hydrogens (tertiary/aromatic N) is 2. The minimum Gasteiger partial charge on any atom is -0.382 e. The van der Waals surface area contributed by atoms with Crippen molar-refractivity contribution in [2.75, 3.05) is 0 Å². The summed E-state index contributed by atoms with van der Waals surface area (Å²) in [5.74, 6) is 0.507. The van der Waals surface area contributed by atoms with Crippen LogP contribution in [0.3, 0.4) is 0 Å². The summed E-state index contributed by atoms with van der Waals surface area (Å²) < 4.78 is 2.00. The summed E-state index contributed by atoms with van der Waals surface area (Å²) in [7, 11) is 0. The maximum absolute atomic E-state index is 10.5. The molecule has 1 aromatic heterocycles. The molecule has 2 aromatic rings. The Morgan fingerprint density at radius 3 is 2.11 bits per heavy atom. The van der Waals surface area contributed by atoms with Crippen molar-refractivity contribution >= 4 is 0 Å². The van der Waals surface area contributed by atoms with Gasteiger partial charge in [0, 0.05) is 6.04 Å². The van der Waals surface area contributed by atoms with E-state index in [-0.39, 0.29) is 0 Å². The molecule has 2 rings (SSSR count). The van der Waals surface area contributed by atoms with E-state index in [1.807, 2.05) is 16.7 Å². The van der Waals surface area contributed by atoms with Crippen LogP contribution in [-0.2, 0) is 0 Å². The highest BCUT2D eigenvalue weighted by Crippen LogP contribution is 2.25. The normalized spacial score (nSPS) is 13.2. The Hall–Kier alpha value is -1.61.